The monoisotopic (exact) mass is 175 g/mol. The number of nitrogens with zero attached hydrogens (tertiary/aromatic N) is 1. The lowest BCUT2D eigenvalue weighted by Crippen LogP contribution is -1.85. The summed E-state index contributed by atoms with van der Waals surface area (Å²) in [4.78, 5) is 4.32. The fourth-order valence-electron chi connectivity index (χ4n) is 0.460. The highest BCUT2D eigenvalue weighted by molar-refractivity contribution is 8.38. The second-order valence-corrected chi connectivity index (χ2v) is 3.48. The molecule has 0 fully saturated rings. The van der Waals surface area contributed by atoms with Crippen molar-refractivity contribution in [3.05, 3.63) is 12.7 Å². The van der Waals surface area contributed by atoms with Gasteiger partial charge in [0.15, 0.2) is 0 Å². The Balaban J connectivity index is 3.52. The van der Waals surface area contributed by atoms with E-state index in [-0.39, 0.29) is 0 Å². The van der Waals surface area contributed by atoms with Gasteiger partial charge in [-0.2, -0.15) is 0 Å². The van der Waals surface area contributed by atoms with Gasteiger partial charge in [0.05, 0.1) is 0 Å². The van der Waals surface area contributed by atoms with Gasteiger partial charge < -0.3 is 0 Å². The van der Waals surface area contributed by atoms with Crippen molar-refractivity contribution in [2.24, 2.45) is 4.99 Å². The molecule has 10 heavy (non-hydrogen) atoms. The largest absolute Gasteiger partial charge is 0.271 e. The van der Waals surface area contributed by atoms with Gasteiger partial charge in [0.2, 0.25) is 0 Å². The minimum atomic E-state index is 0.876. The van der Waals surface area contributed by atoms with Crippen LogP contribution in [0.1, 0.15) is 6.42 Å². The summed E-state index contributed by atoms with van der Waals surface area (Å²) in [7, 11) is 0. The molecule has 0 saturated heterocycles. The Hall–Kier alpha value is 0.110. The minimum absolute atomic E-state index is 0.876. The average Bonchev–Trinajstić information content (AvgIpc) is 1.99. The summed E-state index contributed by atoms with van der Waals surface area (Å²) < 4.78 is 1.15. The molecule has 0 aliphatic rings. The lowest BCUT2D eigenvalue weighted by Gasteiger charge is -1.95. The molecular weight excluding hydrogens is 162 g/mol. The van der Waals surface area contributed by atoms with E-state index in [1.54, 1.807) is 23.5 Å². The second-order valence-electron chi connectivity index (χ2n) is 1.63. The summed E-state index contributed by atoms with van der Waals surface area (Å²) in [6, 6.07) is 0. The van der Waals surface area contributed by atoms with Crippen LogP contribution in [-0.4, -0.2) is 23.4 Å². The van der Waals surface area contributed by atoms with Gasteiger partial charge in [-0.15, -0.1) is 30.1 Å². The van der Waals surface area contributed by atoms with E-state index in [9.17, 15) is 0 Å². The quantitative estimate of drug-likeness (QED) is 0.283. The van der Waals surface area contributed by atoms with Crippen molar-refractivity contribution in [1.82, 2.24) is 0 Å². The highest BCUT2D eigenvalue weighted by atomic mass is 32.2. The Morgan fingerprint density at radius 2 is 2.10 bits per heavy atom. The Labute approximate surface area is 71.4 Å². The molecule has 0 amide bonds. The second kappa shape index (κ2) is 7.22. The Morgan fingerprint density at radius 3 is 2.50 bits per heavy atom. The van der Waals surface area contributed by atoms with Gasteiger partial charge >= 0.3 is 0 Å². The first-order valence-electron chi connectivity index (χ1n) is 3.08. The summed E-state index contributed by atoms with van der Waals surface area (Å²) in [6.45, 7) is 4.50. The molecule has 0 bridgehead atoms. The van der Waals surface area contributed by atoms with Gasteiger partial charge in [0.1, 0.15) is 4.38 Å². The number of hydrogen-bond acceptors (Lipinski definition) is 3. The fraction of sp³-hybridized carbons (Fsp3) is 0.571. The Kier molecular flexibility index (Phi) is 7.30. The van der Waals surface area contributed by atoms with Crippen LogP contribution in [0.15, 0.2) is 17.6 Å². The van der Waals surface area contributed by atoms with E-state index < -0.39 is 0 Å². The third-order valence-electron chi connectivity index (χ3n) is 0.923. The van der Waals surface area contributed by atoms with Crippen LogP contribution in [0, 0.1) is 0 Å². The molecule has 0 atom stereocenters. The van der Waals surface area contributed by atoms with Crippen molar-refractivity contribution in [3.63, 3.8) is 0 Å². The molecule has 1 nitrogen and oxygen atoms in total. The lowest BCUT2D eigenvalue weighted by atomic mass is 10.4. The van der Waals surface area contributed by atoms with E-state index in [0.29, 0.717) is 0 Å². The van der Waals surface area contributed by atoms with E-state index in [0.717, 1.165) is 17.3 Å². The van der Waals surface area contributed by atoms with Gasteiger partial charge in [-0.1, -0.05) is 6.08 Å². The van der Waals surface area contributed by atoms with Gasteiger partial charge in [0, 0.05) is 6.54 Å². The van der Waals surface area contributed by atoms with Crippen LogP contribution in [0.4, 0.5) is 0 Å². The summed E-state index contributed by atoms with van der Waals surface area (Å²) in [5, 5.41) is 0. The SMILES string of the molecule is C=CCCN=C(SC)SC. The zero-order valence-electron chi connectivity index (χ0n) is 6.46. The van der Waals surface area contributed by atoms with E-state index in [2.05, 4.69) is 11.6 Å². The van der Waals surface area contributed by atoms with Crippen molar-refractivity contribution < 1.29 is 0 Å². The minimum Gasteiger partial charge on any atom is -0.271 e. The molecular formula is C7H13NS2. The molecule has 0 aromatic heterocycles. The zero-order chi connectivity index (χ0) is 7.82. The highest BCUT2D eigenvalue weighted by Gasteiger charge is 1.89. The van der Waals surface area contributed by atoms with Crippen LogP contribution in [0.3, 0.4) is 0 Å². The van der Waals surface area contributed by atoms with E-state index in [1.807, 2.05) is 18.6 Å². The van der Waals surface area contributed by atoms with Crippen molar-refractivity contribution >= 4 is 27.9 Å². The molecule has 0 aliphatic carbocycles. The lowest BCUT2D eigenvalue weighted by molar-refractivity contribution is 1.02. The van der Waals surface area contributed by atoms with Crippen molar-refractivity contribution in [2.45, 2.75) is 6.42 Å². The van der Waals surface area contributed by atoms with Crippen LogP contribution in [-0.2, 0) is 0 Å². The smallest absolute Gasteiger partial charge is 0.124 e. The molecule has 3 heteroatoms. The molecule has 0 saturated carbocycles. The molecule has 0 unspecified atom stereocenters. The molecule has 0 rings (SSSR count). The van der Waals surface area contributed by atoms with Crippen LogP contribution in [0.2, 0.25) is 0 Å². The summed E-state index contributed by atoms with van der Waals surface area (Å²) in [6.07, 6.45) is 6.96. The zero-order valence-corrected chi connectivity index (χ0v) is 8.10. The van der Waals surface area contributed by atoms with Crippen LogP contribution in [0.5, 0.6) is 0 Å². The third-order valence-corrected chi connectivity index (χ3v) is 2.88. The molecule has 0 N–H and O–H groups in total. The maximum atomic E-state index is 4.32. The number of aliphatic imine (C=N–C) groups is 1. The molecule has 0 radical (unpaired) electrons. The predicted molar refractivity (Wildman–Crippen MR) is 54.1 cm³/mol. The van der Waals surface area contributed by atoms with Gasteiger partial charge in [0.25, 0.3) is 0 Å². The maximum absolute atomic E-state index is 4.32. The molecule has 0 aromatic carbocycles. The van der Waals surface area contributed by atoms with E-state index in [1.165, 1.54) is 0 Å². The normalized spacial score (nSPS) is 9.00. The van der Waals surface area contributed by atoms with Gasteiger partial charge in [-0.25, -0.2) is 0 Å². The molecule has 0 aliphatic heterocycles. The van der Waals surface area contributed by atoms with Crippen LogP contribution >= 0.6 is 23.5 Å². The first kappa shape index (κ1) is 10.1. The maximum Gasteiger partial charge on any atom is 0.124 e. The average molecular weight is 175 g/mol. The summed E-state index contributed by atoms with van der Waals surface area (Å²) >= 11 is 3.40. The molecule has 0 aromatic rings. The van der Waals surface area contributed by atoms with Crippen molar-refractivity contribution in [3.8, 4) is 0 Å². The topological polar surface area (TPSA) is 12.4 Å². The van der Waals surface area contributed by atoms with Crippen molar-refractivity contribution in [2.75, 3.05) is 19.1 Å². The highest BCUT2D eigenvalue weighted by Crippen LogP contribution is 2.10. The van der Waals surface area contributed by atoms with Crippen LogP contribution in [0.25, 0.3) is 0 Å². The third kappa shape index (κ3) is 4.94. The number of thioether (sulfide) groups is 2. The predicted octanol–water partition coefficient (Wildman–Crippen LogP) is 2.64. The molecule has 58 valence electrons. The van der Waals surface area contributed by atoms with Gasteiger partial charge in [-0.3, -0.25) is 4.99 Å². The summed E-state index contributed by atoms with van der Waals surface area (Å²) in [5.41, 5.74) is 0. The van der Waals surface area contributed by atoms with Crippen molar-refractivity contribution in [1.29, 1.82) is 0 Å². The first-order chi connectivity index (χ1) is 4.85. The standard InChI is InChI=1S/C7H13NS2/c1-4-5-6-8-7(9-2)10-3/h4H,1,5-6H2,2-3H3. The Morgan fingerprint density at radius 1 is 1.50 bits per heavy atom. The Bertz CT molecular complexity index is 115. The fourth-order valence-corrected chi connectivity index (χ4v) is 1.57. The molecule has 0 spiro atoms. The van der Waals surface area contributed by atoms with E-state index >= 15 is 0 Å². The van der Waals surface area contributed by atoms with Gasteiger partial charge in [-0.05, 0) is 18.9 Å². The first-order valence-corrected chi connectivity index (χ1v) is 5.53. The summed E-state index contributed by atoms with van der Waals surface area (Å²) in [5.74, 6) is 0. The number of rotatable bonds is 3. The molecule has 0 heterocycles. The number of hydrogen-bond donors (Lipinski definition) is 0. The van der Waals surface area contributed by atoms with Crippen LogP contribution < -0.4 is 0 Å². The van der Waals surface area contributed by atoms with E-state index in [4.69, 9.17) is 0 Å².